The minimum Gasteiger partial charge on any atom is -0.481 e. The van der Waals surface area contributed by atoms with Crippen LogP contribution in [0.2, 0.25) is 0 Å². The van der Waals surface area contributed by atoms with E-state index in [0.717, 1.165) is 13.1 Å². The predicted molar refractivity (Wildman–Crippen MR) is 59.2 cm³/mol. The minimum atomic E-state index is -0.667. The quantitative estimate of drug-likeness (QED) is 0.849. The number of likely N-dealkylation sites (tertiary alicyclic amines) is 1. The van der Waals surface area contributed by atoms with E-state index >= 15 is 0 Å². The second-order valence-electron chi connectivity index (χ2n) is 4.56. The molecule has 0 spiro atoms. The first-order chi connectivity index (χ1) is 8.16. The molecule has 1 aromatic rings. The molecule has 0 bridgehead atoms. The number of hydrogen-bond donors (Lipinski definition) is 1. The van der Waals surface area contributed by atoms with Crippen LogP contribution in [0.3, 0.4) is 0 Å². The summed E-state index contributed by atoms with van der Waals surface area (Å²) in [6, 6.07) is 0. The van der Waals surface area contributed by atoms with Crippen molar-refractivity contribution in [1.82, 2.24) is 15.0 Å². The molecule has 1 fully saturated rings. The van der Waals surface area contributed by atoms with Gasteiger partial charge in [-0.2, -0.15) is 4.98 Å². The molecule has 6 heteroatoms. The van der Waals surface area contributed by atoms with Gasteiger partial charge in [-0.3, -0.25) is 9.69 Å². The molecular weight excluding hydrogens is 222 g/mol. The Kier molecular flexibility index (Phi) is 3.42. The normalized spacial score (nSPS) is 20.3. The van der Waals surface area contributed by atoms with Gasteiger partial charge in [-0.25, -0.2) is 0 Å². The van der Waals surface area contributed by atoms with Crippen molar-refractivity contribution < 1.29 is 14.4 Å². The van der Waals surface area contributed by atoms with Gasteiger partial charge in [-0.05, 0) is 32.4 Å². The summed E-state index contributed by atoms with van der Waals surface area (Å²) in [7, 11) is 0. The summed E-state index contributed by atoms with van der Waals surface area (Å²) in [5.74, 6) is -0.0106. The van der Waals surface area contributed by atoms with Gasteiger partial charge in [0.15, 0.2) is 5.82 Å². The number of aliphatic carboxylic acids is 1. The molecule has 0 saturated carbocycles. The lowest BCUT2D eigenvalue weighted by atomic mass is 9.76. The summed E-state index contributed by atoms with van der Waals surface area (Å²) in [5, 5.41) is 13.0. The Morgan fingerprint density at radius 2 is 2.29 bits per heavy atom. The Morgan fingerprint density at radius 1 is 1.59 bits per heavy atom. The van der Waals surface area contributed by atoms with E-state index in [9.17, 15) is 9.90 Å². The standard InChI is InChI=1S/C11H17N3O3/c1-2-11(10(15)16)3-5-14(6-4-11)7-9-12-8-17-13-9/h8H,2-7H2,1H3,(H,15,16). The van der Waals surface area contributed by atoms with E-state index in [-0.39, 0.29) is 0 Å². The first kappa shape index (κ1) is 12.0. The van der Waals surface area contributed by atoms with E-state index < -0.39 is 11.4 Å². The lowest BCUT2D eigenvalue weighted by molar-refractivity contribution is -0.152. The van der Waals surface area contributed by atoms with Crippen molar-refractivity contribution in [1.29, 1.82) is 0 Å². The highest BCUT2D eigenvalue weighted by atomic mass is 16.5. The van der Waals surface area contributed by atoms with Crippen LogP contribution in [0.1, 0.15) is 32.0 Å². The molecule has 0 radical (unpaired) electrons. The van der Waals surface area contributed by atoms with Crippen molar-refractivity contribution in [2.24, 2.45) is 5.41 Å². The summed E-state index contributed by atoms with van der Waals surface area (Å²) in [4.78, 5) is 17.4. The lowest BCUT2D eigenvalue weighted by Gasteiger charge is -2.37. The fraction of sp³-hybridized carbons (Fsp3) is 0.727. The minimum absolute atomic E-state index is 0.534. The van der Waals surface area contributed by atoms with Gasteiger partial charge in [0, 0.05) is 0 Å². The van der Waals surface area contributed by atoms with Crippen LogP contribution in [-0.4, -0.2) is 39.2 Å². The van der Waals surface area contributed by atoms with Gasteiger partial charge in [0.25, 0.3) is 0 Å². The second kappa shape index (κ2) is 4.83. The molecule has 6 nitrogen and oxygen atoms in total. The van der Waals surface area contributed by atoms with E-state index in [1.165, 1.54) is 6.39 Å². The van der Waals surface area contributed by atoms with Crippen LogP contribution in [0, 0.1) is 5.41 Å². The fourth-order valence-electron chi connectivity index (χ4n) is 2.32. The van der Waals surface area contributed by atoms with Gasteiger partial charge in [0.1, 0.15) is 0 Å². The molecular formula is C11H17N3O3. The molecule has 1 saturated heterocycles. The van der Waals surface area contributed by atoms with Crippen LogP contribution in [0.15, 0.2) is 10.9 Å². The van der Waals surface area contributed by atoms with E-state index in [0.29, 0.717) is 31.6 Å². The summed E-state index contributed by atoms with van der Waals surface area (Å²) < 4.78 is 4.67. The first-order valence-corrected chi connectivity index (χ1v) is 5.87. The van der Waals surface area contributed by atoms with Gasteiger partial charge in [-0.15, -0.1) is 0 Å². The maximum Gasteiger partial charge on any atom is 0.309 e. The van der Waals surface area contributed by atoms with E-state index in [1.54, 1.807) is 0 Å². The molecule has 2 rings (SSSR count). The number of nitrogens with zero attached hydrogens (tertiary/aromatic N) is 3. The van der Waals surface area contributed by atoms with E-state index in [4.69, 9.17) is 0 Å². The number of rotatable bonds is 4. The number of carboxylic acid groups (broad SMARTS) is 1. The molecule has 0 atom stereocenters. The maximum absolute atomic E-state index is 11.3. The van der Waals surface area contributed by atoms with Crippen molar-refractivity contribution in [3.05, 3.63) is 12.2 Å². The summed E-state index contributed by atoms with van der Waals surface area (Å²) >= 11 is 0. The third kappa shape index (κ3) is 2.46. The predicted octanol–water partition coefficient (Wildman–Crippen LogP) is 1.15. The highest BCUT2D eigenvalue weighted by Crippen LogP contribution is 2.35. The number of aromatic nitrogens is 2. The lowest BCUT2D eigenvalue weighted by Crippen LogP contribution is -2.43. The van der Waals surface area contributed by atoms with Crippen LogP contribution in [0.5, 0.6) is 0 Å². The Labute approximate surface area is 99.6 Å². The van der Waals surface area contributed by atoms with Crippen molar-refractivity contribution in [3.63, 3.8) is 0 Å². The van der Waals surface area contributed by atoms with Crippen LogP contribution in [0.4, 0.5) is 0 Å². The molecule has 1 N–H and O–H groups in total. The molecule has 0 unspecified atom stereocenters. The zero-order valence-corrected chi connectivity index (χ0v) is 9.93. The molecule has 0 amide bonds. The highest BCUT2D eigenvalue weighted by molar-refractivity contribution is 5.74. The largest absolute Gasteiger partial charge is 0.481 e. The average molecular weight is 239 g/mol. The third-order valence-corrected chi connectivity index (χ3v) is 3.72. The van der Waals surface area contributed by atoms with E-state index in [2.05, 4.69) is 19.6 Å². The van der Waals surface area contributed by atoms with E-state index in [1.807, 2.05) is 6.92 Å². The van der Waals surface area contributed by atoms with Crippen LogP contribution >= 0.6 is 0 Å². The zero-order valence-electron chi connectivity index (χ0n) is 9.93. The maximum atomic E-state index is 11.3. The molecule has 0 aromatic carbocycles. The Bertz CT molecular complexity index is 369. The molecule has 1 aromatic heterocycles. The second-order valence-corrected chi connectivity index (χ2v) is 4.56. The molecule has 1 aliphatic heterocycles. The summed E-state index contributed by atoms with van der Waals surface area (Å²) in [6.45, 7) is 4.13. The van der Waals surface area contributed by atoms with Crippen molar-refractivity contribution in [2.75, 3.05) is 13.1 Å². The average Bonchev–Trinajstić information content (AvgIpc) is 2.83. The SMILES string of the molecule is CCC1(C(=O)O)CCN(Cc2ncon2)CC1. The number of carboxylic acids is 1. The van der Waals surface area contributed by atoms with Gasteiger partial charge in [0.2, 0.25) is 6.39 Å². The molecule has 17 heavy (non-hydrogen) atoms. The van der Waals surface area contributed by atoms with Crippen molar-refractivity contribution in [3.8, 4) is 0 Å². The van der Waals surface area contributed by atoms with Crippen molar-refractivity contribution in [2.45, 2.75) is 32.7 Å². The smallest absolute Gasteiger partial charge is 0.309 e. The Morgan fingerprint density at radius 3 is 2.76 bits per heavy atom. The van der Waals surface area contributed by atoms with Crippen LogP contribution in [-0.2, 0) is 11.3 Å². The van der Waals surface area contributed by atoms with Crippen LogP contribution < -0.4 is 0 Å². The Balaban J connectivity index is 1.91. The number of piperidine rings is 1. The van der Waals surface area contributed by atoms with Gasteiger partial charge < -0.3 is 9.63 Å². The summed E-state index contributed by atoms with van der Waals surface area (Å²) in [5.41, 5.74) is -0.534. The zero-order chi connectivity index (χ0) is 12.3. The molecule has 94 valence electrons. The first-order valence-electron chi connectivity index (χ1n) is 5.87. The number of carbonyl (C=O) groups is 1. The highest BCUT2D eigenvalue weighted by Gasteiger charge is 2.39. The van der Waals surface area contributed by atoms with Crippen LogP contribution in [0.25, 0.3) is 0 Å². The molecule has 0 aliphatic carbocycles. The monoisotopic (exact) mass is 239 g/mol. The molecule has 1 aliphatic rings. The summed E-state index contributed by atoms with van der Waals surface area (Å²) in [6.07, 6.45) is 3.39. The molecule has 2 heterocycles. The van der Waals surface area contributed by atoms with Gasteiger partial charge in [-0.1, -0.05) is 12.1 Å². The van der Waals surface area contributed by atoms with Gasteiger partial charge >= 0.3 is 5.97 Å². The van der Waals surface area contributed by atoms with Gasteiger partial charge in [0.05, 0.1) is 12.0 Å². The topological polar surface area (TPSA) is 79.5 Å². The fourth-order valence-corrected chi connectivity index (χ4v) is 2.32. The third-order valence-electron chi connectivity index (χ3n) is 3.72. The Hall–Kier alpha value is -1.43. The number of hydrogen-bond acceptors (Lipinski definition) is 5. The van der Waals surface area contributed by atoms with Crippen molar-refractivity contribution >= 4 is 5.97 Å².